The normalized spacial score (nSPS) is 11.3. The van der Waals surface area contributed by atoms with Gasteiger partial charge in [-0.2, -0.15) is 0 Å². The monoisotopic (exact) mass is 309 g/mol. The highest BCUT2D eigenvalue weighted by Crippen LogP contribution is 2.17. The fraction of sp³-hybridized carbons (Fsp3) is 0.214. The predicted octanol–water partition coefficient (Wildman–Crippen LogP) is 1.66. The highest BCUT2D eigenvalue weighted by molar-refractivity contribution is 7.92. The van der Waals surface area contributed by atoms with Crippen LogP contribution in [0.1, 0.15) is 11.3 Å². The van der Waals surface area contributed by atoms with Gasteiger partial charge in [-0.25, -0.2) is 12.8 Å². The van der Waals surface area contributed by atoms with Crippen molar-refractivity contribution in [3.8, 4) is 0 Å². The lowest BCUT2D eigenvalue weighted by Crippen LogP contribution is -2.19. The lowest BCUT2D eigenvalue weighted by Gasteiger charge is -2.09. The highest BCUT2D eigenvalue weighted by atomic mass is 32.2. The Balaban J connectivity index is 2.04. The second-order valence-electron chi connectivity index (χ2n) is 4.51. The summed E-state index contributed by atoms with van der Waals surface area (Å²) in [6.07, 6.45) is 1.86. The van der Waals surface area contributed by atoms with E-state index < -0.39 is 15.8 Å². The number of anilines is 1. The van der Waals surface area contributed by atoms with Crippen molar-refractivity contribution in [3.63, 3.8) is 0 Å². The number of nitrogens with one attached hydrogen (secondary N) is 1. The van der Waals surface area contributed by atoms with Crippen LogP contribution in [0.3, 0.4) is 0 Å². The van der Waals surface area contributed by atoms with Crippen molar-refractivity contribution in [1.29, 1.82) is 0 Å². The number of nitrogens with two attached hydrogens (primary N) is 1. The largest absolute Gasteiger partial charge is 0.326 e. The van der Waals surface area contributed by atoms with Gasteiger partial charge in [0.25, 0.3) is 0 Å². The molecule has 1 aromatic heterocycles. The van der Waals surface area contributed by atoms with Gasteiger partial charge in [0.15, 0.2) is 0 Å². The van der Waals surface area contributed by atoms with Gasteiger partial charge in [0.2, 0.25) is 10.0 Å². The summed E-state index contributed by atoms with van der Waals surface area (Å²) in [5, 5.41) is 0. The lowest BCUT2D eigenvalue weighted by molar-refractivity contribution is 0.597. The third-order valence-electron chi connectivity index (χ3n) is 2.89. The van der Waals surface area contributed by atoms with Gasteiger partial charge in [0.05, 0.1) is 11.4 Å². The fourth-order valence-corrected chi connectivity index (χ4v) is 2.85. The molecule has 0 aliphatic carbocycles. The number of aromatic nitrogens is 1. The van der Waals surface area contributed by atoms with E-state index in [1.54, 1.807) is 30.5 Å². The van der Waals surface area contributed by atoms with Crippen molar-refractivity contribution in [2.45, 2.75) is 13.0 Å². The smallest absolute Gasteiger partial charge is 0.233 e. The maximum atomic E-state index is 13.7. The van der Waals surface area contributed by atoms with Crippen molar-refractivity contribution in [2.75, 3.05) is 10.5 Å². The molecule has 0 unspecified atom stereocenters. The molecule has 0 saturated carbocycles. The molecule has 0 aliphatic heterocycles. The molecule has 3 N–H and O–H groups in total. The molecule has 0 spiro atoms. The standard InChI is InChI=1S/C14H16FN3O2S/c15-13-9-11(10-16)4-5-14(13)18-21(19,20)8-6-12-3-1-2-7-17-12/h1-5,7,9,18H,6,8,10,16H2. The molecule has 0 bridgehead atoms. The molecule has 0 amide bonds. The van der Waals surface area contributed by atoms with Crippen LogP contribution in [-0.2, 0) is 23.0 Å². The van der Waals surface area contributed by atoms with E-state index in [-0.39, 0.29) is 24.4 Å². The van der Waals surface area contributed by atoms with Gasteiger partial charge in [0, 0.05) is 24.9 Å². The summed E-state index contributed by atoms with van der Waals surface area (Å²) >= 11 is 0. The van der Waals surface area contributed by atoms with E-state index in [0.717, 1.165) is 0 Å². The number of halogens is 1. The van der Waals surface area contributed by atoms with Gasteiger partial charge < -0.3 is 5.73 Å². The molecule has 0 radical (unpaired) electrons. The Kier molecular flexibility index (Phi) is 4.87. The van der Waals surface area contributed by atoms with Crippen LogP contribution < -0.4 is 10.5 Å². The second kappa shape index (κ2) is 6.64. The van der Waals surface area contributed by atoms with Gasteiger partial charge in [-0.05, 0) is 29.8 Å². The Morgan fingerprint density at radius 2 is 2.05 bits per heavy atom. The van der Waals surface area contributed by atoms with Crippen LogP contribution >= 0.6 is 0 Å². The lowest BCUT2D eigenvalue weighted by atomic mass is 10.2. The minimum absolute atomic E-state index is 0.0757. The summed E-state index contributed by atoms with van der Waals surface area (Å²) in [6, 6.07) is 9.45. The molecule has 1 aromatic carbocycles. The zero-order valence-electron chi connectivity index (χ0n) is 11.3. The summed E-state index contributed by atoms with van der Waals surface area (Å²) in [5.74, 6) is -0.804. The van der Waals surface area contributed by atoms with Crippen LogP contribution in [0, 0.1) is 5.82 Å². The van der Waals surface area contributed by atoms with E-state index in [4.69, 9.17) is 5.73 Å². The first kappa shape index (κ1) is 15.4. The predicted molar refractivity (Wildman–Crippen MR) is 79.6 cm³/mol. The SMILES string of the molecule is NCc1ccc(NS(=O)(=O)CCc2ccccn2)c(F)c1. The van der Waals surface area contributed by atoms with E-state index in [2.05, 4.69) is 9.71 Å². The van der Waals surface area contributed by atoms with Crippen LogP contribution in [0.15, 0.2) is 42.6 Å². The summed E-state index contributed by atoms with van der Waals surface area (Å²) in [5.41, 5.74) is 6.59. The molecule has 21 heavy (non-hydrogen) atoms. The van der Waals surface area contributed by atoms with E-state index >= 15 is 0 Å². The Bertz CT molecular complexity index is 705. The van der Waals surface area contributed by atoms with E-state index in [1.165, 1.54) is 12.1 Å². The molecular formula is C14H16FN3O2S. The zero-order chi connectivity index (χ0) is 15.3. The molecule has 0 fully saturated rings. The molecule has 2 rings (SSSR count). The summed E-state index contributed by atoms with van der Waals surface area (Å²) in [6.45, 7) is 0.198. The number of benzene rings is 1. The maximum absolute atomic E-state index is 13.7. The zero-order valence-corrected chi connectivity index (χ0v) is 12.1. The average molecular weight is 309 g/mol. The van der Waals surface area contributed by atoms with Crippen molar-refractivity contribution >= 4 is 15.7 Å². The van der Waals surface area contributed by atoms with Gasteiger partial charge in [0.1, 0.15) is 5.82 Å². The number of sulfonamides is 1. The topological polar surface area (TPSA) is 85.1 Å². The van der Waals surface area contributed by atoms with Crippen LogP contribution in [0.5, 0.6) is 0 Å². The maximum Gasteiger partial charge on any atom is 0.233 e. The first-order valence-corrected chi connectivity index (χ1v) is 8.04. The number of aryl methyl sites for hydroxylation is 1. The Morgan fingerprint density at radius 3 is 2.67 bits per heavy atom. The molecule has 7 heteroatoms. The van der Waals surface area contributed by atoms with Crippen LogP contribution in [0.4, 0.5) is 10.1 Å². The minimum atomic E-state index is -3.64. The molecular weight excluding hydrogens is 293 g/mol. The Morgan fingerprint density at radius 1 is 1.24 bits per heavy atom. The molecule has 0 atom stereocenters. The minimum Gasteiger partial charge on any atom is -0.326 e. The van der Waals surface area contributed by atoms with Gasteiger partial charge >= 0.3 is 0 Å². The van der Waals surface area contributed by atoms with Crippen LogP contribution in [0.2, 0.25) is 0 Å². The summed E-state index contributed by atoms with van der Waals surface area (Å²) in [4.78, 5) is 4.05. The second-order valence-corrected chi connectivity index (χ2v) is 6.35. The molecule has 0 aliphatic rings. The highest BCUT2D eigenvalue weighted by Gasteiger charge is 2.14. The van der Waals surface area contributed by atoms with Crippen LogP contribution in [-0.4, -0.2) is 19.2 Å². The molecule has 1 heterocycles. The Hall–Kier alpha value is -1.99. The number of nitrogens with zero attached hydrogens (tertiary/aromatic N) is 1. The van der Waals surface area contributed by atoms with Gasteiger partial charge in [-0.1, -0.05) is 12.1 Å². The van der Waals surface area contributed by atoms with E-state index in [9.17, 15) is 12.8 Å². The summed E-state index contributed by atoms with van der Waals surface area (Å²) in [7, 11) is -3.64. The molecule has 112 valence electrons. The first-order chi connectivity index (χ1) is 10.00. The molecule has 5 nitrogen and oxygen atoms in total. The van der Waals surface area contributed by atoms with Crippen molar-refractivity contribution < 1.29 is 12.8 Å². The quantitative estimate of drug-likeness (QED) is 0.850. The Labute approximate surface area is 123 Å². The summed E-state index contributed by atoms with van der Waals surface area (Å²) < 4.78 is 39.9. The van der Waals surface area contributed by atoms with E-state index in [0.29, 0.717) is 11.3 Å². The number of hydrogen-bond acceptors (Lipinski definition) is 4. The van der Waals surface area contributed by atoms with E-state index in [1.807, 2.05) is 0 Å². The molecule has 0 saturated heterocycles. The van der Waals surface area contributed by atoms with Gasteiger partial charge in [-0.3, -0.25) is 9.71 Å². The van der Waals surface area contributed by atoms with Crippen molar-refractivity contribution in [1.82, 2.24) is 4.98 Å². The van der Waals surface area contributed by atoms with Crippen molar-refractivity contribution in [3.05, 3.63) is 59.7 Å². The number of hydrogen-bond donors (Lipinski definition) is 2. The van der Waals surface area contributed by atoms with Gasteiger partial charge in [-0.15, -0.1) is 0 Å². The molecule has 2 aromatic rings. The first-order valence-electron chi connectivity index (χ1n) is 6.39. The van der Waals surface area contributed by atoms with Crippen LogP contribution in [0.25, 0.3) is 0 Å². The average Bonchev–Trinajstić information content (AvgIpc) is 2.48. The number of pyridine rings is 1. The number of rotatable bonds is 6. The van der Waals surface area contributed by atoms with Crippen molar-refractivity contribution in [2.24, 2.45) is 5.73 Å². The third kappa shape index (κ3) is 4.51. The third-order valence-corrected chi connectivity index (χ3v) is 4.16. The fourth-order valence-electron chi connectivity index (χ4n) is 1.77.